The Hall–Kier alpha value is -3.07. The van der Waals surface area contributed by atoms with E-state index in [0.717, 1.165) is 6.20 Å². The Morgan fingerprint density at radius 1 is 1.32 bits per heavy atom. The van der Waals surface area contributed by atoms with E-state index in [1.807, 2.05) is 0 Å². The standard InChI is InChI=1S/C16H13F2N3O4/c1-9-12(22)16(17,18)14(25-9)21-8-7-11(20-15(21)24)19-13(23)10-5-3-2-4-6-10/h2-8,12,14,22H,1H2,(H,19,20,23,24)/t12-,14-/m1/s1. The smallest absolute Gasteiger partial charge is 0.352 e. The monoisotopic (exact) mass is 349 g/mol. The Bertz CT molecular complexity index is 882. The number of aliphatic hydroxyl groups excluding tert-OH is 1. The summed E-state index contributed by atoms with van der Waals surface area (Å²) in [6, 6.07) is 9.37. The molecule has 25 heavy (non-hydrogen) atoms. The van der Waals surface area contributed by atoms with Crippen LogP contribution in [0.4, 0.5) is 14.6 Å². The fourth-order valence-electron chi connectivity index (χ4n) is 2.32. The van der Waals surface area contributed by atoms with E-state index in [-0.39, 0.29) is 5.82 Å². The fourth-order valence-corrected chi connectivity index (χ4v) is 2.32. The maximum absolute atomic E-state index is 14.0. The van der Waals surface area contributed by atoms with E-state index in [9.17, 15) is 23.5 Å². The number of carbonyl (C=O) groups is 1. The normalized spacial score (nSPS) is 21.6. The van der Waals surface area contributed by atoms with Crippen molar-refractivity contribution in [2.45, 2.75) is 18.3 Å². The third kappa shape index (κ3) is 3.01. The first-order valence-corrected chi connectivity index (χ1v) is 7.17. The van der Waals surface area contributed by atoms with Crippen LogP contribution in [0.3, 0.4) is 0 Å². The molecule has 130 valence electrons. The van der Waals surface area contributed by atoms with Crippen LogP contribution in [0.15, 0.2) is 59.7 Å². The number of aromatic nitrogens is 2. The molecule has 1 saturated heterocycles. The molecule has 2 aromatic rings. The number of carbonyl (C=O) groups excluding carboxylic acids is 1. The summed E-state index contributed by atoms with van der Waals surface area (Å²) in [6.45, 7) is 3.18. The molecule has 0 spiro atoms. The van der Waals surface area contributed by atoms with Crippen LogP contribution in [0.1, 0.15) is 16.6 Å². The summed E-state index contributed by atoms with van der Waals surface area (Å²) < 4.78 is 33.2. The minimum Gasteiger partial charge on any atom is -0.465 e. The van der Waals surface area contributed by atoms with Gasteiger partial charge in [0.05, 0.1) is 0 Å². The van der Waals surface area contributed by atoms with Crippen LogP contribution in [-0.4, -0.2) is 32.6 Å². The molecule has 2 N–H and O–H groups in total. The SMILES string of the molecule is C=C1O[C@@H](n2ccc(NC(=O)c3ccccc3)nc2=O)C(F)(F)[C@@H]1O. The molecule has 1 aliphatic rings. The Kier molecular flexibility index (Phi) is 4.09. The van der Waals surface area contributed by atoms with E-state index in [4.69, 9.17) is 4.74 Å². The number of nitrogens with zero attached hydrogens (tertiary/aromatic N) is 2. The van der Waals surface area contributed by atoms with Crippen LogP contribution in [-0.2, 0) is 4.74 Å². The largest absolute Gasteiger partial charge is 0.465 e. The molecule has 1 fully saturated rings. The lowest BCUT2D eigenvalue weighted by atomic mass is 10.2. The van der Waals surface area contributed by atoms with E-state index in [0.29, 0.717) is 10.1 Å². The zero-order chi connectivity index (χ0) is 18.2. The van der Waals surface area contributed by atoms with Crippen molar-refractivity contribution < 1.29 is 23.4 Å². The predicted octanol–water partition coefficient (Wildman–Crippen LogP) is 1.53. The minimum absolute atomic E-state index is 0.101. The number of hydrogen-bond donors (Lipinski definition) is 2. The lowest BCUT2D eigenvalue weighted by Crippen LogP contribution is -2.40. The van der Waals surface area contributed by atoms with Crippen LogP contribution >= 0.6 is 0 Å². The number of halogens is 2. The highest BCUT2D eigenvalue weighted by Crippen LogP contribution is 2.43. The van der Waals surface area contributed by atoms with E-state index >= 15 is 0 Å². The van der Waals surface area contributed by atoms with Crippen molar-refractivity contribution >= 4 is 11.7 Å². The third-order valence-electron chi connectivity index (χ3n) is 3.62. The summed E-state index contributed by atoms with van der Waals surface area (Å²) in [7, 11) is 0. The number of benzene rings is 1. The van der Waals surface area contributed by atoms with Crippen LogP contribution in [0.2, 0.25) is 0 Å². The van der Waals surface area contributed by atoms with Crippen molar-refractivity contribution in [1.82, 2.24) is 9.55 Å². The van der Waals surface area contributed by atoms with Gasteiger partial charge in [0.1, 0.15) is 11.6 Å². The van der Waals surface area contributed by atoms with Crippen molar-refractivity contribution in [1.29, 1.82) is 0 Å². The summed E-state index contributed by atoms with van der Waals surface area (Å²) >= 11 is 0. The topological polar surface area (TPSA) is 93.5 Å². The molecule has 1 amide bonds. The second-order valence-electron chi connectivity index (χ2n) is 5.34. The highest BCUT2D eigenvalue weighted by atomic mass is 19.3. The second-order valence-corrected chi connectivity index (χ2v) is 5.34. The molecular weight excluding hydrogens is 336 g/mol. The molecule has 2 heterocycles. The summed E-state index contributed by atoms with van der Waals surface area (Å²) in [5.41, 5.74) is -0.726. The molecule has 0 radical (unpaired) electrons. The van der Waals surface area contributed by atoms with Gasteiger partial charge >= 0.3 is 11.6 Å². The van der Waals surface area contributed by atoms with Crippen molar-refractivity contribution in [3.05, 3.63) is 71.0 Å². The van der Waals surface area contributed by atoms with Gasteiger partial charge in [-0.05, 0) is 18.2 Å². The molecular formula is C16H13F2N3O4. The molecule has 9 heteroatoms. The van der Waals surface area contributed by atoms with Gasteiger partial charge in [0.2, 0.25) is 6.23 Å². The van der Waals surface area contributed by atoms with Gasteiger partial charge in [-0.1, -0.05) is 24.8 Å². The van der Waals surface area contributed by atoms with Crippen molar-refractivity contribution in [2.24, 2.45) is 0 Å². The molecule has 0 bridgehead atoms. The van der Waals surface area contributed by atoms with Gasteiger partial charge in [-0.25, -0.2) is 4.79 Å². The van der Waals surface area contributed by atoms with Crippen molar-refractivity contribution in [3.63, 3.8) is 0 Å². The number of aliphatic hydroxyl groups is 1. The molecule has 1 aliphatic heterocycles. The predicted molar refractivity (Wildman–Crippen MR) is 83.1 cm³/mol. The first-order chi connectivity index (χ1) is 11.8. The van der Waals surface area contributed by atoms with E-state index in [1.165, 1.54) is 6.07 Å². The lowest BCUT2D eigenvalue weighted by Gasteiger charge is -2.20. The number of rotatable bonds is 3. The highest BCUT2D eigenvalue weighted by molar-refractivity contribution is 6.03. The van der Waals surface area contributed by atoms with Crippen LogP contribution in [0.5, 0.6) is 0 Å². The quantitative estimate of drug-likeness (QED) is 0.877. The molecule has 0 saturated carbocycles. The molecule has 1 aromatic heterocycles. The van der Waals surface area contributed by atoms with Gasteiger partial charge < -0.3 is 15.2 Å². The van der Waals surface area contributed by atoms with E-state index in [1.54, 1.807) is 30.3 Å². The van der Waals surface area contributed by atoms with Gasteiger partial charge in [-0.3, -0.25) is 9.36 Å². The van der Waals surface area contributed by atoms with Crippen LogP contribution < -0.4 is 11.0 Å². The van der Waals surface area contributed by atoms with E-state index < -0.39 is 35.6 Å². The van der Waals surface area contributed by atoms with Gasteiger partial charge in [-0.15, -0.1) is 0 Å². The molecule has 7 nitrogen and oxygen atoms in total. The number of alkyl halides is 2. The Morgan fingerprint density at radius 2 is 2.00 bits per heavy atom. The average molecular weight is 349 g/mol. The number of hydrogen-bond acceptors (Lipinski definition) is 5. The second kappa shape index (κ2) is 6.10. The molecule has 1 aromatic carbocycles. The maximum Gasteiger partial charge on any atom is 0.352 e. The summed E-state index contributed by atoms with van der Waals surface area (Å²) in [5, 5.41) is 11.8. The average Bonchev–Trinajstić information content (AvgIpc) is 2.79. The lowest BCUT2D eigenvalue weighted by molar-refractivity contribution is -0.140. The number of amides is 1. The van der Waals surface area contributed by atoms with Gasteiger partial charge in [0.15, 0.2) is 6.10 Å². The zero-order valence-corrected chi connectivity index (χ0v) is 12.7. The van der Waals surface area contributed by atoms with Crippen LogP contribution in [0.25, 0.3) is 0 Å². The first kappa shape index (κ1) is 16.8. The summed E-state index contributed by atoms with van der Waals surface area (Å²) in [6.07, 6.45) is -3.28. The summed E-state index contributed by atoms with van der Waals surface area (Å²) in [4.78, 5) is 27.6. The number of nitrogens with one attached hydrogen (secondary N) is 1. The Labute approximate surface area is 140 Å². The molecule has 0 aliphatic carbocycles. The number of anilines is 1. The Balaban J connectivity index is 1.84. The van der Waals surface area contributed by atoms with Gasteiger partial charge in [0, 0.05) is 11.8 Å². The van der Waals surface area contributed by atoms with Crippen molar-refractivity contribution in [2.75, 3.05) is 5.32 Å². The van der Waals surface area contributed by atoms with E-state index in [2.05, 4.69) is 16.9 Å². The Morgan fingerprint density at radius 3 is 2.56 bits per heavy atom. The van der Waals surface area contributed by atoms with Gasteiger partial charge in [0.25, 0.3) is 5.91 Å². The minimum atomic E-state index is -3.74. The first-order valence-electron chi connectivity index (χ1n) is 7.17. The molecule has 0 unspecified atom stereocenters. The zero-order valence-electron chi connectivity index (χ0n) is 12.7. The van der Waals surface area contributed by atoms with Crippen LogP contribution in [0, 0.1) is 0 Å². The summed E-state index contributed by atoms with van der Waals surface area (Å²) in [5.74, 6) is -4.88. The molecule has 3 rings (SSSR count). The third-order valence-corrected chi connectivity index (χ3v) is 3.62. The maximum atomic E-state index is 14.0. The number of ether oxygens (including phenoxy) is 1. The fraction of sp³-hybridized carbons (Fsp3) is 0.188. The van der Waals surface area contributed by atoms with Crippen molar-refractivity contribution in [3.8, 4) is 0 Å². The molecule has 2 atom stereocenters. The van der Waals surface area contributed by atoms with Gasteiger partial charge in [-0.2, -0.15) is 13.8 Å². The highest BCUT2D eigenvalue weighted by Gasteiger charge is 2.57.